The van der Waals surface area contributed by atoms with Crippen LogP contribution in [-0.2, 0) is 4.79 Å². The van der Waals surface area contributed by atoms with Crippen molar-refractivity contribution in [2.24, 2.45) is 0 Å². The van der Waals surface area contributed by atoms with Crippen molar-refractivity contribution in [2.75, 3.05) is 13.1 Å². The second-order valence-electron chi connectivity index (χ2n) is 10.7. The van der Waals surface area contributed by atoms with Crippen LogP contribution in [0, 0.1) is 0 Å². The quantitative estimate of drug-likeness (QED) is 0.202. The predicted octanol–water partition coefficient (Wildman–Crippen LogP) is 6.36. The number of phenols is 2. The number of carboxylic acids is 1. The molecule has 1 aliphatic heterocycles. The van der Waals surface area contributed by atoms with Gasteiger partial charge in [0.25, 0.3) is 0 Å². The van der Waals surface area contributed by atoms with Crippen LogP contribution in [0.2, 0.25) is 0 Å². The molecule has 1 saturated heterocycles. The van der Waals surface area contributed by atoms with Crippen LogP contribution in [-0.4, -0.2) is 45.2 Å². The smallest absolute Gasteiger partial charge is 0.335 e. The lowest BCUT2D eigenvalue weighted by Crippen LogP contribution is -2.36. The molecule has 3 heterocycles. The average Bonchev–Trinajstić information content (AvgIpc) is 3.51. The molecule has 0 aliphatic carbocycles. The summed E-state index contributed by atoms with van der Waals surface area (Å²) in [5.74, 6) is -1.86. The molecule has 0 saturated carbocycles. The number of hydrogen-bond acceptors (Lipinski definition) is 7. The predicted molar refractivity (Wildman–Crippen MR) is 159 cm³/mol. The maximum absolute atomic E-state index is 13.6. The Bertz CT molecular complexity index is 1870. The molecule has 1 atom stereocenters. The summed E-state index contributed by atoms with van der Waals surface area (Å²) in [5, 5.41) is 31.1. The molecule has 218 valence electrons. The number of furan rings is 1. The van der Waals surface area contributed by atoms with E-state index in [-0.39, 0.29) is 45.9 Å². The first-order valence-electron chi connectivity index (χ1n) is 14.1. The summed E-state index contributed by atoms with van der Waals surface area (Å²) in [4.78, 5) is 40.0. The van der Waals surface area contributed by atoms with Gasteiger partial charge in [0, 0.05) is 48.3 Å². The zero-order valence-corrected chi connectivity index (χ0v) is 23.2. The minimum Gasteiger partial charge on any atom is -0.507 e. The number of phenolic OH excluding ortho intramolecular Hbond substituents is 2. The van der Waals surface area contributed by atoms with E-state index in [0.717, 1.165) is 25.3 Å². The number of hydrogen-bond donors (Lipinski definition) is 3. The highest BCUT2D eigenvalue weighted by Crippen LogP contribution is 2.44. The molecule has 3 N–H and O–H groups in total. The van der Waals surface area contributed by atoms with Crippen molar-refractivity contribution in [3.05, 3.63) is 106 Å². The van der Waals surface area contributed by atoms with E-state index in [1.54, 1.807) is 53.4 Å². The molecule has 43 heavy (non-hydrogen) atoms. The third-order valence-corrected chi connectivity index (χ3v) is 7.88. The molecule has 5 aromatic rings. The van der Waals surface area contributed by atoms with Gasteiger partial charge in [0.05, 0.1) is 11.5 Å². The van der Waals surface area contributed by atoms with Gasteiger partial charge >= 0.3 is 5.97 Å². The van der Waals surface area contributed by atoms with Crippen LogP contribution in [0.5, 0.6) is 11.5 Å². The van der Waals surface area contributed by atoms with E-state index in [9.17, 15) is 29.7 Å². The van der Waals surface area contributed by atoms with Crippen LogP contribution in [0.15, 0.2) is 92.5 Å². The topological polar surface area (TPSA) is 141 Å². The highest BCUT2D eigenvalue weighted by molar-refractivity contribution is 5.91. The lowest BCUT2D eigenvalue weighted by Gasteiger charge is -2.28. The van der Waals surface area contributed by atoms with E-state index in [1.165, 1.54) is 18.2 Å². The molecular formula is C34H29NO8. The summed E-state index contributed by atoms with van der Waals surface area (Å²) < 4.78 is 12.5. The highest BCUT2D eigenvalue weighted by atomic mass is 16.4. The van der Waals surface area contributed by atoms with E-state index in [0.29, 0.717) is 35.7 Å². The van der Waals surface area contributed by atoms with Gasteiger partial charge < -0.3 is 29.1 Å². The van der Waals surface area contributed by atoms with Gasteiger partial charge in [0.2, 0.25) is 5.91 Å². The Kier molecular flexibility index (Phi) is 7.46. The van der Waals surface area contributed by atoms with Crippen LogP contribution in [0.1, 0.15) is 53.3 Å². The number of amides is 1. The Labute approximate surface area is 246 Å². The molecule has 9 nitrogen and oxygen atoms in total. The lowest BCUT2D eigenvalue weighted by atomic mass is 9.89. The summed E-state index contributed by atoms with van der Waals surface area (Å²) in [7, 11) is 0. The minimum absolute atomic E-state index is 0.0379. The van der Waals surface area contributed by atoms with Crippen LogP contribution >= 0.6 is 0 Å². The van der Waals surface area contributed by atoms with Crippen molar-refractivity contribution in [1.29, 1.82) is 0 Å². The number of carbonyl (C=O) groups excluding carboxylic acids is 1. The Hall–Kier alpha value is -5.31. The molecule has 1 unspecified atom stereocenters. The number of nitrogens with zero attached hydrogens (tertiary/aromatic N) is 1. The maximum Gasteiger partial charge on any atom is 0.335 e. The number of rotatable bonds is 7. The zero-order valence-electron chi connectivity index (χ0n) is 23.2. The fourth-order valence-corrected chi connectivity index (χ4v) is 5.67. The number of aromatic hydroxyl groups is 2. The van der Waals surface area contributed by atoms with E-state index in [4.69, 9.17) is 8.83 Å². The van der Waals surface area contributed by atoms with Gasteiger partial charge in [-0.1, -0.05) is 42.5 Å². The number of benzene rings is 3. The minimum atomic E-state index is -1.05. The second kappa shape index (κ2) is 11.5. The number of carbonyl (C=O) groups is 2. The van der Waals surface area contributed by atoms with E-state index in [1.807, 2.05) is 6.07 Å². The summed E-state index contributed by atoms with van der Waals surface area (Å²) in [6, 6.07) is 20.9. The van der Waals surface area contributed by atoms with E-state index in [2.05, 4.69) is 0 Å². The van der Waals surface area contributed by atoms with Crippen LogP contribution < -0.4 is 5.43 Å². The van der Waals surface area contributed by atoms with Gasteiger partial charge in [-0.05, 0) is 43.5 Å². The van der Waals surface area contributed by atoms with Gasteiger partial charge in [0.1, 0.15) is 39.7 Å². The normalized spacial score (nSPS) is 14.1. The second-order valence-corrected chi connectivity index (χ2v) is 10.7. The number of fused-ring (bicyclic) bond motifs is 1. The average molecular weight is 580 g/mol. The highest BCUT2D eigenvalue weighted by Gasteiger charge is 2.32. The molecule has 1 aliphatic rings. The first-order valence-corrected chi connectivity index (χ1v) is 14.1. The summed E-state index contributed by atoms with van der Waals surface area (Å²) in [6.07, 6.45) is 2.76. The first kappa shape index (κ1) is 27.8. The molecular weight excluding hydrogens is 550 g/mol. The van der Waals surface area contributed by atoms with Crippen LogP contribution in [0.3, 0.4) is 0 Å². The van der Waals surface area contributed by atoms with Crippen molar-refractivity contribution in [3.63, 3.8) is 0 Å². The Morgan fingerprint density at radius 3 is 2.19 bits per heavy atom. The fourth-order valence-electron chi connectivity index (χ4n) is 5.67. The van der Waals surface area contributed by atoms with Crippen molar-refractivity contribution in [2.45, 2.75) is 31.6 Å². The Morgan fingerprint density at radius 1 is 0.791 bits per heavy atom. The van der Waals surface area contributed by atoms with Crippen molar-refractivity contribution in [1.82, 2.24) is 4.90 Å². The fraction of sp³-hybridized carbons (Fsp3) is 0.206. The molecule has 3 aromatic carbocycles. The Balaban J connectivity index is 1.51. The van der Waals surface area contributed by atoms with E-state index < -0.39 is 23.1 Å². The number of piperidine rings is 1. The molecule has 6 rings (SSSR count). The molecule has 0 spiro atoms. The monoisotopic (exact) mass is 579 g/mol. The van der Waals surface area contributed by atoms with Gasteiger partial charge in [0.15, 0.2) is 5.43 Å². The molecule has 0 bridgehead atoms. The van der Waals surface area contributed by atoms with Gasteiger partial charge in [-0.25, -0.2) is 4.79 Å². The summed E-state index contributed by atoms with van der Waals surface area (Å²) >= 11 is 0. The van der Waals surface area contributed by atoms with Crippen LogP contribution in [0.25, 0.3) is 33.6 Å². The standard InChI is InChI=1S/C34H29NO8/c36-24-18-25(37)32-26(38)19-29(20-7-3-1-4-8-20)43-33(32)31(24)23(17-30(39)35-15-5-2-6-16-35)28-14-13-27(42-28)21-9-11-22(12-10-21)34(40)41/h1,3-4,7-14,18-19,23,36-37H,2,5-6,15-17H2,(H,40,41). The summed E-state index contributed by atoms with van der Waals surface area (Å²) in [5.41, 5.74) is 0.986. The van der Waals surface area contributed by atoms with Gasteiger partial charge in [-0.15, -0.1) is 0 Å². The van der Waals surface area contributed by atoms with Crippen molar-refractivity contribution < 1.29 is 33.7 Å². The number of carboxylic acid groups (broad SMARTS) is 1. The maximum atomic E-state index is 13.6. The Morgan fingerprint density at radius 2 is 1.49 bits per heavy atom. The van der Waals surface area contributed by atoms with Gasteiger partial charge in [-0.3, -0.25) is 9.59 Å². The van der Waals surface area contributed by atoms with Crippen molar-refractivity contribution >= 4 is 22.8 Å². The molecule has 9 heteroatoms. The molecule has 1 fully saturated rings. The zero-order chi connectivity index (χ0) is 30.1. The van der Waals surface area contributed by atoms with Crippen LogP contribution in [0.4, 0.5) is 0 Å². The lowest BCUT2D eigenvalue weighted by molar-refractivity contribution is -0.132. The third kappa shape index (κ3) is 5.49. The first-order chi connectivity index (χ1) is 20.8. The van der Waals surface area contributed by atoms with E-state index >= 15 is 0 Å². The number of aromatic carboxylic acids is 1. The van der Waals surface area contributed by atoms with Crippen molar-refractivity contribution in [3.8, 4) is 34.1 Å². The molecule has 2 aromatic heterocycles. The number of likely N-dealkylation sites (tertiary alicyclic amines) is 1. The SMILES string of the molecule is O=C(O)c1ccc(-c2ccc(C(CC(=O)N3CCCCC3)c3c(O)cc(O)c4c(=O)cc(-c5ccccc5)oc34)o2)cc1. The largest absolute Gasteiger partial charge is 0.507 e. The molecule has 0 radical (unpaired) electrons. The summed E-state index contributed by atoms with van der Waals surface area (Å²) in [6.45, 7) is 1.25. The molecule has 1 amide bonds. The van der Waals surface area contributed by atoms with Gasteiger partial charge in [-0.2, -0.15) is 0 Å². The third-order valence-electron chi connectivity index (χ3n) is 7.88.